The lowest BCUT2D eigenvalue weighted by molar-refractivity contribution is -0.133. The summed E-state index contributed by atoms with van der Waals surface area (Å²) >= 11 is 0. The summed E-state index contributed by atoms with van der Waals surface area (Å²) in [5.74, 6) is 3.62. The normalized spacial score (nSPS) is 51.0. The molecular weight excluding hydrogens is 276 g/mol. The average Bonchev–Trinajstić information content (AvgIpc) is 2.76. The molecule has 0 radical (unpaired) electrons. The van der Waals surface area contributed by atoms with Gasteiger partial charge < -0.3 is 5.11 Å². The van der Waals surface area contributed by atoms with Crippen LogP contribution in [-0.4, -0.2) is 40.4 Å². The van der Waals surface area contributed by atoms with Gasteiger partial charge in [0.2, 0.25) is 5.91 Å². The number of amides is 1. The molecule has 0 aromatic carbocycles. The molecule has 4 rings (SSSR count). The Balaban J connectivity index is 1.74. The molecule has 22 heavy (non-hydrogen) atoms. The second kappa shape index (κ2) is 5.05. The highest BCUT2D eigenvalue weighted by molar-refractivity contribution is 6.08. The summed E-state index contributed by atoms with van der Waals surface area (Å²) in [6.45, 7) is 7.38. The molecule has 3 fully saturated rings. The standard InChI is InChI=1S/C18H28N2O2/c1-9-8-20-17(19-11(9)3)16-13(18(20)22)6-4-12-5-7-14(21)10(2)15(12)16/h9-16,21H,4-8H2,1-3H3/t9-,10?,11?,12?,13?,14?,15?,16?/m1/s1. The monoisotopic (exact) mass is 304 g/mol. The number of rotatable bonds is 0. The summed E-state index contributed by atoms with van der Waals surface area (Å²) < 4.78 is 0. The second-order valence-corrected chi connectivity index (χ2v) is 8.20. The quantitative estimate of drug-likeness (QED) is 0.746. The van der Waals surface area contributed by atoms with Gasteiger partial charge in [-0.3, -0.25) is 14.7 Å². The predicted molar refractivity (Wildman–Crippen MR) is 85.4 cm³/mol. The van der Waals surface area contributed by atoms with Gasteiger partial charge in [0.05, 0.1) is 12.1 Å². The fourth-order valence-corrected chi connectivity index (χ4v) is 5.56. The predicted octanol–water partition coefficient (Wildman–Crippen LogP) is 2.31. The zero-order valence-corrected chi connectivity index (χ0v) is 13.9. The number of aliphatic hydroxyl groups excluding tert-OH is 1. The van der Waals surface area contributed by atoms with E-state index in [1.54, 1.807) is 0 Å². The Morgan fingerprint density at radius 3 is 2.64 bits per heavy atom. The van der Waals surface area contributed by atoms with Gasteiger partial charge in [0.1, 0.15) is 5.84 Å². The summed E-state index contributed by atoms with van der Waals surface area (Å²) in [5, 5.41) is 10.4. The molecule has 2 aliphatic heterocycles. The molecule has 1 amide bonds. The molecule has 122 valence electrons. The molecule has 2 heterocycles. The van der Waals surface area contributed by atoms with Crippen LogP contribution in [0, 0.1) is 35.5 Å². The molecule has 2 aliphatic carbocycles. The first-order valence-corrected chi connectivity index (χ1v) is 9.06. The maximum atomic E-state index is 12.9. The minimum absolute atomic E-state index is 0.130. The number of amidine groups is 1. The van der Waals surface area contributed by atoms with Crippen LogP contribution in [0.15, 0.2) is 4.99 Å². The van der Waals surface area contributed by atoms with Crippen molar-refractivity contribution >= 4 is 11.7 Å². The van der Waals surface area contributed by atoms with E-state index in [9.17, 15) is 9.90 Å². The number of hydrogen-bond donors (Lipinski definition) is 1. The molecule has 4 nitrogen and oxygen atoms in total. The zero-order valence-electron chi connectivity index (χ0n) is 13.9. The summed E-state index contributed by atoms with van der Waals surface area (Å²) in [6, 6.07) is 0.307. The topological polar surface area (TPSA) is 52.9 Å². The Bertz CT molecular complexity index is 515. The average molecular weight is 304 g/mol. The summed E-state index contributed by atoms with van der Waals surface area (Å²) in [7, 11) is 0. The van der Waals surface area contributed by atoms with Crippen molar-refractivity contribution in [3.05, 3.63) is 0 Å². The van der Waals surface area contributed by atoms with Crippen molar-refractivity contribution in [1.29, 1.82) is 0 Å². The molecule has 2 saturated carbocycles. The zero-order chi connectivity index (χ0) is 15.6. The third kappa shape index (κ3) is 1.92. The number of carbonyl (C=O) groups excluding carboxylic acids is 1. The van der Waals surface area contributed by atoms with Crippen molar-refractivity contribution in [2.75, 3.05) is 6.54 Å². The van der Waals surface area contributed by atoms with Crippen molar-refractivity contribution in [3.8, 4) is 0 Å². The number of aliphatic hydroxyl groups is 1. The van der Waals surface area contributed by atoms with E-state index in [4.69, 9.17) is 4.99 Å². The van der Waals surface area contributed by atoms with E-state index in [1.165, 1.54) is 0 Å². The first-order valence-electron chi connectivity index (χ1n) is 9.06. The SMILES string of the molecule is CC1C(O)CCC2CCC3C(=O)N4C[C@@H](C)C(C)N=C4C3C21. The van der Waals surface area contributed by atoms with Crippen molar-refractivity contribution in [2.24, 2.45) is 40.5 Å². The van der Waals surface area contributed by atoms with Gasteiger partial charge >= 0.3 is 0 Å². The van der Waals surface area contributed by atoms with Crippen molar-refractivity contribution < 1.29 is 9.90 Å². The highest BCUT2D eigenvalue weighted by Crippen LogP contribution is 2.53. The summed E-state index contributed by atoms with van der Waals surface area (Å²) in [6.07, 6.45) is 4.01. The Hall–Kier alpha value is -0.900. The van der Waals surface area contributed by atoms with Crippen LogP contribution in [0.25, 0.3) is 0 Å². The van der Waals surface area contributed by atoms with Crippen molar-refractivity contribution in [3.63, 3.8) is 0 Å². The lowest BCUT2D eigenvalue weighted by atomic mass is 9.58. The van der Waals surface area contributed by atoms with Crippen LogP contribution in [0.1, 0.15) is 46.5 Å². The van der Waals surface area contributed by atoms with E-state index < -0.39 is 0 Å². The highest BCUT2D eigenvalue weighted by Gasteiger charge is 2.57. The van der Waals surface area contributed by atoms with Gasteiger partial charge in [0.25, 0.3) is 0 Å². The number of hydrogen-bond acceptors (Lipinski definition) is 3. The largest absolute Gasteiger partial charge is 0.393 e. The number of carbonyl (C=O) groups is 1. The molecule has 8 atom stereocenters. The van der Waals surface area contributed by atoms with E-state index >= 15 is 0 Å². The van der Waals surface area contributed by atoms with Crippen molar-refractivity contribution in [2.45, 2.75) is 58.6 Å². The van der Waals surface area contributed by atoms with Gasteiger partial charge in [0.15, 0.2) is 0 Å². The molecule has 7 unspecified atom stereocenters. The second-order valence-electron chi connectivity index (χ2n) is 8.20. The minimum atomic E-state index is -0.204. The van der Waals surface area contributed by atoms with Crippen LogP contribution in [-0.2, 0) is 4.79 Å². The summed E-state index contributed by atoms with van der Waals surface area (Å²) in [4.78, 5) is 19.8. The lowest BCUT2D eigenvalue weighted by Crippen LogP contribution is -2.48. The minimum Gasteiger partial charge on any atom is -0.393 e. The van der Waals surface area contributed by atoms with E-state index in [1.807, 2.05) is 4.90 Å². The van der Waals surface area contributed by atoms with E-state index in [-0.39, 0.29) is 23.9 Å². The van der Waals surface area contributed by atoms with Gasteiger partial charge in [-0.2, -0.15) is 0 Å². The fraction of sp³-hybridized carbons (Fsp3) is 0.889. The third-order valence-corrected chi connectivity index (χ3v) is 7.08. The van der Waals surface area contributed by atoms with Crippen molar-refractivity contribution in [1.82, 2.24) is 4.90 Å². The first kappa shape index (κ1) is 14.7. The van der Waals surface area contributed by atoms with Crippen LogP contribution in [0.2, 0.25) is 0 Å². The fourth-order valence-electron chi connectivity index (χ4n) is 5.56. The lowest BCUT2D eigenvalue weighted by Gasteiger charge is -2.47. The van der Waals surface area contributed by atoms with Crippen LogP contribution in [0.4, 0.5) is 0 Å². The van der Waals surface area contributed by atoms with Gasteiger partial charge in [-0.1, -0.05) is 13.8 Å². The van der Waals surface area contributed by atoms with Gasteiger partial charge in [-0.15, -0.1) is 0 Å². The number of fused-ring (bicyclic) bond motifs is 5. The van der Waals surface area contributed by atoms with E-state index in [2.05, 4.69) is 20.8 Å². The molecule has 0 bridgehead atoms. The Morgan fingerprint density at radius 1 is 1.14 bits per heavy atom. The molecule has 1 saturated heterocycles. The molecule has 4 heteroatoms. The number of nitrogens with zero attached hydrogens (tertiary/aromatic N) is 2. The Labute approximate surface area is 133 Å². The summed E-state index contributed by atoms with van der Waals surface area (Å²) in [5.41, 5.74) is 0. The van der Waals surface area contributed by atoms with Gasteiger partial charge in [-0.05, 0) is 56.3 Å². The molecule has 4 aliphatic rings. The maximum Gasteiger partial charge on any atom is 0.231 e. The molecule has 0 aromatic rings. The smallest absolute Gasteiger partial charge is 0.231 e. The highest BCUT2D eigenvalue weighted by atomic mass is 16.3. The van der Waals surface area contributed by atoms with E-state index in [0.29, 0.717) is 29.7 Å². The maximum absolute atomic E-state index is 12.9. The third-order valence-electron chi connectivity index (χ3n) is 7.08. The van der Waals surface area contributed by atoms with Gasteiger partial charge in [0, 0.05) is 18.4 Å². The molecule has 1 N–H and O–H groups in total. The molecule has 0 aromatic heterocycles. The van der Waals surface area contributed by atoms with Crippen LogP contribution in [0.3, 0.4) is 0 Å². The first-order chi connectivity index (χ1) is 10.5. The molecule has 0 spiro atoms. The molecular formula is C18H28N2O2. The number of aliphatic imine (C=N–C) groups is 1. The van der Waals surface area contributed by atoms with Gasteiger partial charge in [-0.25, -0.2) is 0 Å². The van der Waals surface area contributed by atoms with Crippen LogP contribution >= 0.6 is 0 Å². The Morgan fingerprint density at radius 2 is 1.86 bits per heavy atom. The Kier molecular flexibility index (Phi) is 3.37. The van der Waals surface area contributed by atoms with Crippen LogP contribution < -0.4 is 0 Å². The van der Waals surface area contributed by atoms with E-state index in [0.717, 1.165) is 38.1 Å². The van der Waals surface area contributed by atoms with Crippen LogP contribution in [0.5, 0.6) is 0 Å².